The van der Waals surface area contributed by atoms with E-state index in [1.807, 2.05) is 0 Å². The lowest BCUT2D eigenvalue weighted by atomic mass is 9.87. The van der Waals surface area contributed by atoms with Crippen LogP contribution in [0.1, 0.15) is 84.1 Å². The first-order valence-corrected chi connectivity index (χ1v) is 16.0. The number of nitrogens with zero attached hydrogens (tertiary/aromatic N) is 2. The predicted molar refractivity (Wildman–Crippen MR) is 173 cm³/mol. The van der Waals surface area contributed by atoms with Crippen molar-refractivity contribution in [2.24, 2.45) is 5.92 Å². The number of carbonyl (C=O) groups is 2. The molecular formula is C36H41F6N3O4. The Labute approximate surface area is 280 Å². The van der Waals surface area contributed by atoms with Gasteiger partial charge in [0, 0.05) is 30.8 Å². The second-order valence-electron chi connectivity index (χ2n) is 13.5. The number of benzene rings is 2. The summed E-state index contributed by atoms with van der Waals surface area (Å²) in [5.41, 5.74) is -0.459. The zero-order chi connectivity index (χ0) is 36.6. The fourth-order valence-corrected chi connectivity index (χ4v) is 6.60. The molecule has 2 atom stereocenters. The van der Waals surface area contributed by atoms with Gasteiger partial charge in [-0.25, -0.2) is 13.2 Å². The van der Waals surface area contributed by atoms with Crippen molar-refractivity contribution in [1.82, 2.24) is 14.8 Å². The van der Waals surface area contributed by atoms with E-state index in [0.717, 1.165) is 10.8 Å². The quantitative estimate of drug-likeness (QED) is 0.194. The number of aryl methyl sites for hydroxylation is 2. The number of aromatic nitrogens is 1. The number of carboxylic acid groups (broad SMARTS) is 1. The minimum absolute atomic E-state index is 0.00545. The van der Waals surface area contributed by atoms with Crippen molar-refractivity contribution in [2.45, 2.75) is 84.0 Å². The van der Waals surface area contributed by atoms with Crippen LogP contribution in [-0.2, 0) is 34.5 Å². The number of nitrogens with one attached hydrogen (secondary N) is 1. The monoisotopic (exact) mass is 693 g/mol. The van der Waals surface area contributed by atoms with Crippen LogP contribution < -0.4 is 10.9 Å². The van der Waals surface area contributed by atoms with E-state index in [1.165, 1.54) is 24.3 Å². The highest BCUT2D eigenvalue weighted by molar-refractivity contribution is 5.82. The first kappa shape index (κ1) is 37.7. The Morgan fingerprint density at radius 1 is 1.06 bits per heavy atom. The van der Waals surface area contributed by atoms with E-state index in [4.69, 9.17) is 0 Å². The first-order valence-electron chi connectivity index (χ1n) is 16.0. The number of pyridine rings is 1. The third-order valence-corrected chi connectivity index (χ3v) is 8.85. The van der Waals surface area contributed by atoms with Crippen LogP contribution >= 0.6 is 0 Å². The Balaban J connectivity index is 1.85. The van der Waals surface area contributed by atoms with Crippen molar-refractivity contribution in [3.8, 4) is 11.1 Å². The molecule has 2 aromatic carbocycles. The van der Waals surface area contributed by atoms with Gasteiger partial charge in [-0.1, -0.05) is 13.8 Å². The van der Waals surface area contributed by atoms with Gasteiger partial charge in [0.15, 0.2) is 0 Å². The number of fused-ring (bicyclic) bond motifs is 1. The van der Waals surface area contributed by atoms with Crippen LogP contribution in [0.15, 0.2) is 41.3 Å². The van der Waals surface area contributed by atoms with Crippen LogP contribution in [0, 0.1) is 25.6 Å². The molecule has 0 unspecified atom stereocenters. The number of amides is 1. The molecule has 0 saturated heterocycles. The van der Waals surface area contributed by atoms with E-state index < -0.39 is 65.8 Å². The van der Waals surface area contributed by atoms with Gasteiger partial charge in [0.05, 0.1) is 18.0 Å². The molecule has 13 heteroatoms. The molecule has 0 bridgehead atoms. The van der Waals surface area contributed by atoms with Crippen molar-refractivity contribution in [1.29, 1.82) is 0 Å². The number of hydrogen-bond donors (Lipinski definition) is 2. The van der Waals surface area contributed by atoms with Gasteiger partial charge in [-0.2, -0.15) is 13.2 Å². The standard InChI is InChI=1S/C36H41F6N3O4/c1-19(2)11-30(45-18-22(8-10-44(5)6)27(16-31(45)46)36(40,41)42)34(49)43-29(17-32(47)48)23-14-26(25-7-9-35(38,39)28(25)15-23)33-20(3)12-24(37)13-21(33)4/h12-16,18-19,29-30H,7-11,17H2,1-6H3,(H,43,49)(H,47,48)/t29-,30-/m1/s1. The summed E-state index contributed by atoms with van der Waals surface area (Å²) in [7, 11) is 3.36. The smallest absolute Gasteiger partial charge is 0.416 e. The summed E-state index contributed by atoms with van der Waals surface area (Å²) in [6, 6.07) is 3.01. The third-order valence-electron chi connectivity index (χ3n) is 8.85. The maximum Gasteiger partial charge on any atom is 0.416 e. The Morgan fingerprint density at radius 3 is 2.24 bits per heavy atom. The number of carbonyl (C=O) groups excluding carboxylic acids is 1. The molecule has 1 aliphatic carbocycles. The molecule has 0 aliphatic heterocycles. The van der Waals surface area contributed by atoms with Crippen LogP contribution in [0.5, 0.6) is 0 Å². The summed E-state index contributed by atoms with van der Waals surface area (Å²) in [6.07, 6.45) is -5.05. The lowest BCUT2D eigenvalue weighted by Crippen LogP contribution is -2.40. The van der Waals surface area contributed by atoms with Crippen LogP contribution in [0.3, 0.4) is 0 Å². The predicted octanol–water partition coefficient (Wildman–Crippen LogP) is 7.35. The van der Waals surface area contributed by atoms with Gasteiger partial charge in [-0.15, -0.1) is 0 Å². The average molecular weight is 694 g/mol. The average Bonchev–Trinajstić information content (AvgIpc) is 3.27. The molecule has 0 radical (unpaired) electrons. The van der Waals surface area contributed by atoms with Crippen molar-refractivity contribution < 1.29 is 41.0 Å². The van der Waals surface area contributed by atoms with Crippen molar-refractivity contribution in [2.75, 3.05) is 20.6 Å². The third kappa shape index (κ3) is 8.55. The summed E-state index contributed by atoms with van der Waals surface area (Å²) in [6.45, 7) is 7.00. The van der Waals surface area contributed by atoms with Crippen LogP contribution in [0.4, 0.5) is 26.3 Å². The molecule has 4 rings (SSSR count). The molecule has 49 heavy (non-hydrogen) atoms. The number of likely N-dealkylation sites (N-methyl/N-ethyl adjacent to an activating group) is 1. The molecule has 1 heterocycles. The highest BCUT2D eigenvalue weighted by atomic mass is 19.4. The normalized spacial score (nSPS) is 15.4. The maximum absolute atomic E-state index is 15.3. The summed E-state index contributed by atoms with van der Waals surface area (Å²) in [4.78, 5) is 41.0. The Kier molecular flexibility index (Phi) is 11.1. The fraction of sp³-hybridized carbons (Fsp3) is 0.472. The second kappa shape index (κ2) is 14.4. The van der Waals surface area contributed by atoms with Crippen molar-refractivity contribution in [3.05, 3.63) is 91.6 Å². The van der Waals surface area contributed by atoms with Crippen molar-refractivity contribution in [3.63, 3.8) is 0 Å². The van der Waals surface area contributed by atoms with E-state index in [2.05, 4.69) is 5.32 Å². The summed E-state index contributed by atoms with van der Waals surface area (Å²) in [5, 5.41) is 12.5. The second-order valence-corrected chi connectivity index (χ2v) is 13.5. The number of alkyl halides is 5. The highest BCUT2D eigenvalue weighted by Gasteiger charge is 2.42. The van der Waals surface area contributed by atoms with Crippen molar-refractivity contribution >= 4 is 11.9 Å². The van der Waals surface area contributed by atoms with E-state index in [0.29, 0.717) is 33.9 Å². The molecule has 1 aromatic heterocycles. The van der Waals surface area contributed by atoms with E-state index in [-0.39, 0.29) is 48.4 Å². The molecule has 0 spiro atoms. The molecule has 0 fully saturated rings. The van der Waals surface area contributed by atoms with Gasteiger partial charge in [0.25, 0.3) is 11.5 Å². The maximum atomic E-state index is 15.3. The Morgan fingerprint density at radius 2 is 1.69 bits per heavy atom. The van der Waals surface area contributed by atoms with Crippen LogP contribution in [0.25, 0.3) is 11.1 Å². The summed E-state index contributed by atoms with van der Waals surface area (Å²) < 4.78 is 87.5. The molecule has 1 aliphatic rings. The molecule has 0 saturated carbocycles. The van der Waals surface area contributed by atoms with E-state index >= 15 is 8.78 Å². The largest absolute Gasteiger partial charge is 0.481 e. The molecule has 1 amide bonds. The number of aliphatic carboxylic acids is 1. The number of carboxylic acids is 1. The summed E-state index contributed by atoms with van der Waals surface area (Å²) in [5.74, 6) is -6.21. The number of halogens is 6. The van der Waals surface area contributed by atoms with Gasteiger partial charge < -0.3 is 19.9 Å². The molecule has 7 nitrogen and oxygen atoms in total. The zero-order valence-electron chi connectivity index (χ0n) is 28.3. The van der Waals surface area contributed by atoms with Gasteiger partial charge in [-0.05, 0) is 116 Å². The SMILES string of the molecule is Cc1cc(F)cc(C)c1-c1cc([C@@H](CC(=O)O)NC(=O)[C@@H](CC(C)C)n2cc(CCN(C)C)c(C(F)(F)F)cc2=O)cc2c1CCC2(F)F. The van der Waals surface area contributed by atoms with E-state index in [9.17, 15) is 37.1 Å². The van der Waals surface area contributed by atoms with Gasteiger partial charge in [-0.3, -0.25) is 14.4 Å². The molecule has 3 aromatic rings. The molecular weight excluding hydrogens is 652 g/mol. The minimum Gasteiger partial charge on any atom is -0.481 e. The molecule has 266 valence electrons. The van der Waals surface area contributed by atoms with E-state index in [1.54, 1.807) is 46.7 Å². The van der Waals surface area contributed by atoms with Crippen LogP contribution in [0.2, 0.25) is 0 Å². The number of hydrogen-bond acceptors (Lipinski definition) is 4. The first-order chi connectivity index (χ1) is 22.7. The zero-order valence-corrected chi connectivity index (χ0v) is 28.3. The lowest BCUT2D eigenvalue weighted by molar-refractivity contribution is -0.139. The summed E-state index contributed by atoms with van der Waals surface area (Å²) >= 11 is 0. The fourth-order valence-electron chi connectivity index (χ4n) is 6.60. The Hall–Kier alpha value is -4.13. The van der Waals surface area contributed by atoms with Gasteiger partial charge >= 0.3 is 12.1 Å². The molecule has 2 N–H and O–H groups in total. The highest BCUT2D eigenvalue weighted by Crippen LogP contribution is 2.48. The lowest BCUT2D eigenvalue weighted by Gasteiger charge is -2.27. The topological polar surface area (TPSA) is 91.6 Å². The number of rotatable bonds is 12. The minimum atomic E-state index is -4.82. The van der Waals surface area contributed by atoms with Crippen LogP contribution in [-0.4, -0.2) is 47.1 Å². The van der Waals surface area contributed by atoms with Gasteiger partial charge in [0.1, 0.15) is 11.9 Å². The Bertz CT molecular complexity index is 1780. The van der Waals surface area contributed by atoms with Gasteiger partial charge in [0.2, 0.25) is 5.91 Å².